The van der Waals surface area contributed by atoms with Gasteiger partial charge in [-0.3, -0.25) is 0 Å². The minimum Gasteiger partial charge on any atom is -0.410 e. The normalized spacial score (nSPS) is 13.3. The van der Waals surface area contributed by atoms with Gasteiger partial charge in [0.1, 0.15) is 0 Å². The lowest BCUT2D eigenvalue weighted by Crippen LogP contribution is -2.37. The summed E-state index contributed by atoms with van der Waals surface area (Å²) < 4.78 is 6.58. The van der Waals surface area contributed by atoms with Crippen LogP contribution in [-0.4, -0.2) is 8.32 Å². The number of benzene rings is 1. The molecule has 1 unspecified atom stereocenters. The zero-order valence-electron chi connectivity index (χ0n) is 12.0. The molecule has 0 radical (unpaired) electrons. The summed E-state index contributed by atoms with van der Waals surface area (Å²) in [4.78, 5) is 0. The van der Waals surface area contributed by atoms with E-state index in [1.165, 1.54) is 23.7 Å². The van der Waals surface area contributed by atoms with E-state index in [0.717, 1.165) is 6.42 Å². The lowest BCUT2D eigenvalue weighted by molar-refractivity contribution is 0.193. The van der Waals surface area contributed by atoms with E-state index in [2.05, 4.69) is 57.7 Å². The smallest absolute Gasteiger partial charge is 0.192 e. The molecule has 0 spiro atoms. The highest BCUT2D eigenvalue weighted by atomic mass is 28.4. The van der Waals surface area contributed by atoms with E-state index in [9.17, 15) is 0 Å². The van der Waals surface area contributed by atoms with Crippen molar-refractivity contribution >= 4 is 8.32 Å². The molecular formula is C16H26OSi. The van der Waals surface area contributed by atoms with Crippen molar-refractivity contribution in [2.45, 2.75) is 51.4 Å². The summed E-state index contributed by atoms with van der Waals surface area (Å²) in [5.74, 6) is 0. The van der Waals surface area contributed by atoms with E-state index in [-0.39, 0.29) is 6.10 Å². The third kappa shape index (κ3) is 3.82. The van der Waals surface area contributed by atoms with Gasteiger partial charge in [0.25, 0.3) is 0 Å². The number of rotatable bonds is 8. The number of hydrogen-bond acceptors (Lipinski definition) is 1. The summed E-state index contributed by atoms with van der Waals surface area (Å²) in [6, 6.07) is 14.1. The zero-order chi connectivity index (χ0) is 13.4. The molecule has 1 aromatic rings. The van der Waals surface area contributed by atoms with Crippen molar-refractivity contribution in [3.05, 3.63) is 48.6 Å². The molecule has 1 rings (SSSR count). The SMILES string of the molecule is C=CCC(O[Si](CC)(CC)CC)c1ccccc1. The molecule has 0 saturated heterocycles. The van der Waals surface area contributed by atoms with E-state index < -0.39 is 8.32 Å². The summed E-state index contributed by atoms with van der Waals surface area (Å²) in [5, 5.41) is 0. The van der Waals surface area contributed by atoms with Gasteiger partial charge in [0.2, 0.25) is 0 Å². The third-order valence-electron chi connectivity index (χ3n) is 3.88. The molecule has 0 heterocycles. The highest BCUT2D eigenvalue weighted by molar-refractivity contribution is 6.73. The average molecular weight is 262 g/mol. The average Bonchev–Trinajstić information content (AvgIpc) is 2.45. The highest BCUT2D eigenvalue weighted by Crippen LogP contribution is 2.31. The molecule has 0 aliphatic rings. The maximum atomic E-state index is 6.58. The van der Waals surface area contributed by atoms with Crippen LogP contribution in [0.5, 0.6) is 0 Å². The van der Waals surface area contributed by atoms with E-state index in [0.29, 0.717) is 0 Å². The second-order valence-corrected chi connectivity index (χ2v) is 9.51. The van der Waals surface area contributed by atoms with Crippen molar-refractivity contribution < 1.29 is 4.43 Å². The molecule has 0 bridgehead atoms. The predicted octanol–water partition coefficient (Wildman–Crippen LogP) is 5.33. The maximum absolute atomic E-state index is 6.58. The van der Waals surface area contributed by atoms with E-state index in [1.54, 1.807) is 0 Å². The Morgan fingerprint density at radius 2 is 1.67 bits per heavy atom. The molecule has 0 fully saturated rings. The molecular weight excluding hydrogens is 236 g/mol. The maximum Gasteiger partial charge on any atom is 0.192 e. The van der Waals surface area contributed by atoms with Crippen molar-refractivity contribution in [1.82, 2.24) is 0 Å². The molecule has 0 amide bonds. The van der Waals surface area contributed by atoms with Crippen molar-refractivity contribution in [1.29, 1.82) is 0 Å². The Bertz CT molecular complexity index is 335. The molecule has 1 nitrogen and oxygen atoms in total. The summed E-state index contributed by atoms with van der Waals surface area (Å²) in [7, 11) is -1.55. The van der Waals surface area contributed by atoms with Crippen molar-refractivity contribution in [3.8, 4) is 0 Å². The van der Waals surface area contributed by atoms with Gasteiger partial charge in [-0.2, -0.15) is 0 Å². The Kier molecular flexibility index (Phi) is 6.37. The molecule has 0 N–H and O–H groups in total. The van der Waals surface area contributed by atoms with Crippen LogP contribution in [0.4, 0.5) is 0 Å². The highest BCUT2D eigenvalue weighted by Gasteiger charge is 2.32. The van der Waals surface area contributed by atoms with Crippen molar-refractivity contribution in [3.63, 3.8) is 0 Å². The minimum absolute atomic E-state index is 0.190. The van der Waals surface area contributed by atoms with Gasteiger partial charge in [-0.15, -0.1) is 6.58 Å². The van der Waals surface area contributed by atoms with Crippen LogP contribution in [0.15, 0.2) is 43.0 Å². The van der Waals surface area contributed by atoms with Crippen LogP contribution >= 0.6 is 0 Å². The van der Waals surface area contributed by atoms with Crippen LogP contribution < -0.4 is 0 Å². The second kappa shape index (κ2) is 7.55. The third-order valence-corrected chi connectivity index (χ3v) is 8.53. The van der Waals surface area contributed by atoms with Crippen LogP contribution in [0.3, 0.4) is 0 Å². The van der Waals surface area contributed by atoms with Crippen LogP contribution in [-0.2, 0) is 4.43 Å². The largest absolute Gasteiger partial charge is 0.410 e. The first-order chi connectivity index (χ1) is 8.71. The van der Waals surface area contributed by atoms with E-state index >= 15 is 0 Å². The van der Waals surface area contributed by atoms with Gasteiger partial charge in [0.15, 0.2) is 8.32 Å². The van der Waals surface area contributed by atoms with Crippen LogP contribution in [0, 0.1) is 0 Å². The molecule has 0 aliphatic carbocycles. The fourth-order valence-electron chi connectivity index (χ4n) is 2.37. The van der Waals surface area contributed by atoms with Gasteiger partial charge >= 0.3 is 0 Å². The Labute approximate surface area is 113 Å². The van der Waals surface area contributed by atoms with Crippen LogP contribution in [0.2, 0.25) is 18.1 Å². The number of hydrogen-bond donors (Lipinski definition) is 0. The first kappa shape index (κ1) is 15.2. The fourth-order valence-corrected chi connectivity index (χ4v) is 5.21. The first-order valence-corrected chi connectivity index (χ1v) is 9.58. The molecule has 1 atom stereocenters. The molecule has 1 aromatic carbocycles. The molecule has 0 saturated carbocycles. The van der Waals surface area contributed by atoms with E-state index in [1.807, 2.05) is 6.08 Å². The zero-order valence-corrected chi connectivity index (χ0v) is 13.0. The topological polar surface area (TPSA) is 9.23 Å². The molecule has 0 aromatic heterocycles. The van der Waals surface area contributed by atoms with Crippen LogP contribution in [0.1, 0.15) is 38.9 Å². The standard InChI is InChI=1S/C16H26OSi/c1-5-12-16(15-13-10-9-11-14-15)17-18(6-2,7-3)8-4/h5,9-11,13-14,16H,1,6-8,12H2,2-4H3. The van der Waals surface area contributed by atoms with Gasteiger partial charge in [0.05, 0.1) is 6.10 Å². The Morgan fingerprint density at radius 3 is 2.11 bits per heavy atom. The molecule has 0 aliphatic heterocycles. The van der Waals surface area contributed by atoms with Gasteiger partial charge in [-0.1, -0.05) is 57.2 Å². The van der Waals surface area contributed by atoms with Gasteiger partial charge in [0, 0.05) is 0 Å². The molecule has 100 valence electrons. The van der Waals surface area contributed by atoms with Crippen LogP contribution in [0.25, 0.3) is 0 Å². The van der Waals surface area contributed by atoms with Gasteiger partial charge in [-0.25, -0.2) is 0 Å². The summed E-state index contributed by atoms with van der Waals surface area (Å²) in [6.07, 6.45) is 3.06. The predicted molar refractivity (Wildman–Crippen MR) is 82.3 cm³/mol. The quantitative estimate of drug-likeness (QED) is 0.455. The minimum atomic E-state index is -1.55. The Morgan fingerprint density at radius 1 is 1.11 bits per heavy atom. The lowest BCUT2D eigenvalue weighted by atomic mass is 10.1. The van der Waals surface area contributed by atoms with Gasteiger partial charge < -0.3 is 4.43 Å². The summed E-state index contributed by atoms with van der Waals surface area (Å²) in [6.45, 7) is 10.7. The summed E-state index contributed by atoms with van der Waals surface area (Å²) >= 11 is 0. The molecule has 18 heavy (non-hydrogen) atoms. The Balaban J connectivity index is 2.89. The second-order valence-electron chi connectivity index (χ2n) is 4.79. The van der Waals surface area contributed by atoms with Crippen molar-refractivity contribution in [2.75, 3.05) is 0 Å². The van der Waals surface area contributed by atoms with E-state index in [4.69, 9.17) is 4.43 Å². The monoisotopic (exact) mass is 262 g/mol. The molecule has 2 heteroatoms. The first-order valence-electron chi connectivity index (χ1n) is 7.05. The lowest BCUT2D eigenvalue weighted by Gasteiger charge is -2.33. The van der Waals surface area contributed by atoms with Gasteiger partial charge in [-0.05, 0) is 30.1 Å². The van der Waals surface area contributed by atoms with Crippen molar-refractivity contribution in [2.24, 2.45) is 0 Å². The Hall–Kier alpha value is -0.863. The fraction of sp³-hybridized carbons (Fsp3) is 0.500. The summed E-state index contributed by atoms with van der Waals surface area (Å²) in [5.41, 5.74) is 1.28.